The highest BCUT2D eigenvalue weighted by molar-refractivity contribution is 7.07. The van der Waals surface area contributed by atoms with Gasteiger partial charge in [0.05, 0.1) is 30.5 Å². The summed E-state index contributed by atoms with van der Waals surface area (Å²) in [7, 11) is 0. The van der Waals surface area contributed by atoms with Gasteiger partial charge in [0.25, 0.3) is 0 Å². The van der Waals surface area contributed by atoms with E-state index in [0.29, 0.717) is 24.9 Å². The molecule has 9 heteroatoms. The Morgan fingerprint density at radius 3 is 2.79 bits per heavy atom. The van der Waals surface area contributed by atoms with Gasteiger partial charge in [0.1, 0.15) is 11.5 Å². The molecule has 0 aliphatic carbocycles. The monoisotopic (exact) mass is 412 g/mol. The molecule has 1 saturated heterocycles. The van der Waals surface area contributed by atoms with Crippen molar-refractivity contribution in [3.05, 3.63) is 46.4 Å². The van der Waals surface area contributed by atoms with Crippen molar-refractivity contribution in [1.82, 2.24) is 19.9 Å². The molecule has 29 heavy (non-hydrogen) atoms. The second kappa shape index (κ2) is 7.64. The van der Waals surface area contributed by atoms with Gasteiger partial charge in [0, 0.05) is 61.0 Å². The summed E-state index contributed by atoms with van der Waals surface area (Å²) in [6, 6.07) is 3.48. The van der Waals surface area contributed by atoms with Crippen molar-refractivity contribution in [3.63, 3.8) is 0 Å². The lowest BCUT2D eigenvalue weighted by molar-refractivity contribution is 0.122. The van der Waals surface area contributed by atoms with E-state index >= 15 is 0 Å². The van der Waals surface area contributed by atoms with Gasteiger partial charge in [-0.25, -0.2) is 19.9 Å². The number of pyridine rings is 1. The number of nitrogens with zero attached hydrogens (tertiary/aromatic N) is 6. The first kappa shape index (κ1) is 18.4. The van der Waals surface area contributed by atoms with E-state index in [0.717, 1.165) is 48.7 Å². The Morgan fingerprint density at radius 1 is 1.14 bits per heavy atom. The normalized spacial score (nSPS) is 19.3. The molecule has 2 aliphatic rings. The third kappa shape index (κ3) is 3.56. The predicted octanol–water partition coefficient (Wildman–Crippen LogP) is 3.09. The summed E-state index contributed by atoms with van der Waals surface area (Å²) < 4.78 is 19.8. The van der Waals surface area contributed by atoms with Crippen LogP contribution in [0.2, 0.25) is 0 Å². The summed E-state index contributed by atoms with van der Waals surface area (Å²) >= 11 is 1.53. The Labute approximate surface area is 172 Å². The van der Waals surface area contributed by atoms with Crippen LogP contribution in [-0.4, -0.2) is 52.8 Å². The zero-order chi connectivity index (χ0) is 19.8. The molecule has 1 atom stereocenters. The van der Waals surface area contributed by atoms with Crippen LogP contribution in [0, 0.1) is 5.95 Å². The molecule has 0 radical (unpaired) electrons. The zero-order valence-electron chi connectivity index (χ0n) is 16.1. The van der Waals surface area contributed by atoms with Crippen molar-refractivity contribution in [2.75, 3.05) is 42.6 Å². The Morgan fingerprint density at radius 2 is 2.00 bits per heavy atom. The molecule has 0 amide bonds. The number of hydrogen-bond acceptors (Lipinski definition) is 8. The second-order valence-corrected chi connectivity index (χ2v) is 7.91. The van der Waals surface area contributed by atoms with E-state index < -0.39 is 5.95 Å². The van der Waals surface area contributed by atoms with E-state index in [-0.39, 0.29) is 6.04 Å². The minimum Gasteiger partial charge on any atom is -0.378 e. The van der Waals surface area contributed by atoms with E-state index in [1.807, 2.05) is 17.6 Å². The fourth-order valence-electron chi connectivity index (χ4n) is 3.94. The molecule has 3 aromatic rings. The van der Waals surface area contributed by atoms with Gasteiger partial charge in [-0.2, -0.15) is 4.39 Å². The van der Waals surface area contributed by atoms with E-state index in [9.17, 15) is 4.39 Å². The van der Waals surface area contributed by atoms with Crippen molar-refractivity contribution in [2.45, 2.75) is 19.4 Å². The highest BCUT2D eigenvalue weighted by Gasteiger charge is 2.28. The van der Waals surface area contributed by atoms with Gasteiger partial charge in [0.2, 0.25) is 5.95 Å². The molecular formula is C20H21FN6OS. The summed E-state index contributed by atoms with van der Waals surface area (Å²) in [5.74, 6) is 0.842. The number of ether oxygens (including phenoxy) is 1. The topological polar surface area (TPSA) is 67.3 Å². The van der Waals surface area contributed by atoms with Crippen molar-refractivity contribution in [1.29, 1.82) is 0 Å². The minimum atomic E-state index is -0.461. The first-order chi connectivity index (χ1) is 14.2. The van der Waals surface area contributed by atoms with Gasteiger partial charge in [-0.1, -0.05) is 0 Å². The molecule has 0 N–H and O–H groups in total. The lowest BCUT2D eigenvalue weighted by Gasteiger charge is -2.36. The van der Waals surface area contributed by atoms with Crippen LogP contribution < -0.4 is 9.80 Å². The SMILES string of the molecule is CC1c2cnc(-c3cscn3)nc2CCN1c1cc(N2CCOCC2)cc(F)n1. The largest absolute Gasteiger partial charge is 0.378 e. The molecule has 0 spiro atoms. The van der Waals surface area contributed by atoms with Crippen LogP contribution in [0.25, 0.3) is 11.5 Å². The summed E-state index contributed by atoms with van der Waals surface area (Å²) in [6.07, 6.45) is 2.63. The number of hydrogen-bond donors (Lipinski definition) is 0. The number of halogens is 1. The fraction of sp³-hybridized carbons (Fsp3) is 0.400. The predicted molar refractivity (Wildman–Crippen MR) is 110 cm³/mol. The van der Waals surface area contributed by atoms with Crippen molar-refractivity contribution in [2.24, 2.45) is 0 Å². The number of morpholine rings is 1. The third-order valence-corrected chi connectivity index (χ3v) is 6.09. The molecule has 3 aromatic heterocycles. The van der Waals surface area contributed by atoms with Crippen LogP contribution in [0.4, 0.5) is 15.9 Å². The van der Waals surface area contributed by atoms with Gasteiger partial charge in [-0.3, -0.25) is 0 Å². The van der Waals surface area contributed by atoms with Gasteiger partial charge in [0.15, 0.2) is 5.82 Å². The standard InChI is InChI=1S/C20H21FN6OS/c1-13-15-10-22-20(17-11-29-12-23-17)24-16(15)2-3-27(13)19-9-14(8-18(21)25-19)26-4-6-28-7-5-26/h8-13H,2-7H2,1H3. The molecule has 1 unspecified atom stereocenters. The molecule has 0 saturated carbocycles. The first-order valence-electron chi connectivity index (χ1n) is 9.70. The number of fused-ring (bicyclic) bond motifs is 1. The number of rotatable bonds is 3. The quantitative estimate of drug-likeness (QED) is 0.613. The highest BCUT2D eigenvalue weighted by Crippen LogP contribution is 2.34. The molecular weight excluding hydrogens is 391 g/mol. The van der Waals surface area contributed by atoms with Crippen molar-refractivity contribution < 1.29 is 9.13 Å². The molecule has 2 aliphatic heterocycles. The van der Waals surface area contributed by atoms with Crippen LogP contribution >= 0.6 is 11.3 Å². The fourth-order valence-corrected chi connectivity index (χ4v) is 4.47. The van der Waals surface area contributed by atoms with Gasteiger partial charge < -0.3 is 14.5 Å². The van der Waals surface area contributed by atoms with E-state index in [1.165, 1.54) is 17.4 Å². The molecule has 0 bridgehead atoms. The summed E-state index contributed by atoms with van der Waals surface area (Å²) in [5.41, 5.74) is 5.51. The number of aromatic nitrogens is 4. The lowest BCUT2D eigenvalue weighted by Crippen LogP contribution is -2.37. The highest BCUT2D eigenvalue weighted by atomic mass is 32.1. The van der Waals surface area contributed by atoms with E-state index in [4.69, 9.17) is 9.72 Å². The van der Waals surface area contributed by atoms with Crippen LogP contribution in [0.5, 0.6) is 0 Å². The molecule has 5 rings (SSSR count). The summed E-state index contributed by atoms with van der Waals surface area (Å²) in [5, 5.41) is 1.95. The average Bonchev–Trinajstić information content (AvgIpc) is 3.29. The Hall–Kier alpha value is -2.65. The third-order valence-electron chi connectivity index (χ3n) is 5.50. The van der Waals surface area contributed by atoms with Crippen LogP contribution in [0.15, 0.2) is 29.2 Å². The maximum atomic E-state index is 14.3. The zero-order valence-corrected chi connectivity index (χ0v) is 16.9. The summed E-state index contributed by atoms with van der Waals surface area (Å²) in [4.78, 5) is 22.0. The molecule has 150 valence electrons. The van der Waals surface area contributed by atoms with Crippen molar-refractivity contribution >= 4 is 22.8 Å². The maximum absolute atomic E-state index is 14.3. The van der Waals surface area contributed by atoms with Crippen molar-refractivity contribution in [3.8, 4) is 11.5 Å². The molecule has 7 nitrogen and oxygen atoms in total. The average molecular weight is 412 g/mol. The first-order valence-corrected chi connectivity index (χ1v) is 10.6. The smallest absolute Gasteiger partial charge is 0.216 e. The van der Waals surface area contributed by atoms with Gasteiger partial charge in [-0.15, -0.1) is 11.3 Å². The Balaban J connectivity index is 1.44. The van der Waals surface area contributed by atoms with Crippen LogP contribution in [0.1, 0.15) is 24.2 Å². The Bertz CT molecular complexity index is 1010. The maximum Gasteiger partial charge on any atom is 0.216 e. The van der Waals surface area contributed by atoms with Crippen LogP contribution in [-0.2, 0) is 11.2 Å². The lowest BCUT2D eigenvalue weighted by atomic mass is 9.99. The second-order valence-electron chi connectivity index (χ2n) is 7.19. The molecule has 1 fully saturated rings. The minimum absolute atomic E-state index is 0.00933. The van der Waals surface area contributed by atoms with Gasteiger partial charge >= 0.3 is 0 Å². The molecule has 0 aromatic carbocycles. The number of thiazole rings is 1. The molecule has 5 heterocycles. The van der Waals surface area contributed by atoms with Gasteiger partial charge in [-0.05, 0) is 6.92 Å². The Kier molecular flexibility index (Phi) is 4.84. The van der Waals surface area contributed by atoms with Crippen LogP contribution in [0.3, 0.4) is 0 Å². The van der Waals surface area contributed by atoms with E-state index in [1.54, 1.807) is 5.51 Å². The summed E-state index contributed by atoms with van der Waals surface area (Å²) in [6.45, 7) is 5.64. The number of anilines is 2. The van der Waals surface area contributed by atoms with E-state index in [2.05, 4.69) is 31.7 Å².